The van der Waals surface area contributed by atoms with Crippen molar-refractivity contribution < 1.29 is 4.79 Å². The molecule has 1 heterocycles. The van der Waals surface area contributed by atoms with Gasteiger partial charge in [0.15, 0.2) is 5.78 Å². The van der Waals surface area contributed by atoms with Gasteiger partial charge < -0.3 is 4.57 Å². The number of fused-ring (bicyclic) bond motifs is 1. The Balaban J connectivity index is 3.01. The van der Waals surface area contributed by atoms with Crippen LogP contribution in [0, 0.1) is 6.92 Å². The molecule has 1 aromatic carbocycles. The number of rotatable bonds is 1. The number of hydrogen-bond donors (Lipinski definition) is 0. The van der Waals surface area contributed by atoms with E-state index in [1.165, 1.54) is 6.92 Å². The van der Waals surface area contributed by atoms with Gasteiger partial charge in [-0.05, 0) is 25.5 Å². The molecule has 0 unspecified atom stereocenters. The van der Waals surface area contributed by atoms with E-state index in [-0.39, 0.29) is 5.78 Å². The molecule has 0 spiro atoms. The van der Waals surface area contributed by atoms with E-state index < -0.39 is 0 Å². The Labute approximate surface area is 104 Å². The van der Waals surface area contributed by atoms with Crippen LogP contribution in [0.3, 0.4) is 0 Å². The number of hydrogen-bond acceptors (Lipinski definition) is 1. The zero-order valence-electron chi connectivity index (χ0n) is 9.27. The maximum Gasteiger partial charge on any atom is 0.163 e. The summed E-state index contributed by atoms with van der Waals surface area (Å²) >= 11 is 12.2. The van der Waals surface area contributed by atoms with E-state index in [4.69, 9.17) is 23.2 Å². The summed E-state index contributed by atoms with van der Waals surface area (Å²) in [4.78, 5) is 11.6. The number of carbonyl (C=O) groups is 1. The van der Waals surface area contributed by atoms with Crippen LogP contribution < -0.4 is 0 Å². The molecule has 84 valence electrons. The van der Waals surface area contributed by atoms with Crippen LogP contribution in [0.15, 0.2) is 12.1 Å². The molecule has 0 aliphatic rings. The highest BCUT2D eigenvalue weighted by molar-refractivity contribution is 6.36. The molecule has 2 nitrogen and oxygen atoms in total. The summed E-state index contributed by atoms with van der Waals surface area (Å²) < 4.78 is 1.80. The predicted molar refractivity (Wildman–Crippen MR) is 67.7 cm³/mol. The topological polar surface area (TPSA) is 22.0 Å². The van der Waals surface area contributed by atoms with Crippen LogP contribution in [-0.2, 0) is 7.05 Å². The zero-order valence-corrected chi connectivity index (χ0v) is 10.8. The van der Waals surface area contributed by atoms with Gasteiger partial charge in [0.1, 0.15) is 5.15 Å². The lowest BCUT2D eigenvalue weighted by Gasteiger charge is -2.03. The van der Waals surface area contributed by atoms with E-state index in [0.717, 1.165) is 16.5 Å². The van der Waals surface area contributed by atoms with Crippen LogP contribution in [0.2, 0.25) is 10.2 Å². The van der Waals surface area contributed by atoms with Gasteiger partial charge >= 0.3 is 0 Å². The fraction of sp³-hybridized carbons (Fsp3) is 0.250. The van der Waals surface area contributed by atoms with Crippen molar-refractivity contribution in [3.63, 3.8) is 0 Å². The Morgan fingerprint density at radius 2 is 1.94 bits per heavy atom. The molecule has 0 fully saturated rings. The van der Waals surface area contributed by atoms with Crippen molar-refractivity contribution in [3.05, 3.63) is 33.4 Å². The highest BCUT2D eigenvalue weighted by atomic mass is 35.5. The van der Waals surface area contributed by atoms with Gasteiger partial charge in [-0.15, -0.1) is 0 Å². The average Bonchev–Trinajstić information content (AvgIpc) is 2.46. The van der Waals surface area contributed by atoms with Crippen LogP contribution in [-0.4, -0.2) is 10.4 Å². The fourth-order valence-electron chi connectivity index (χ4n) is 2.02. The number of carbonyl (C=O) groups excluding carboxylic acids is 1. The van der Waals surface area contributed by atoms with Crippen molar-refractivity contribution in [2.75, 3.05) is 0 Å². The Kier molecular flexibility index (Phi) is 2.72. The highest BCUT2D eigenvalue weighted by Crippen LogP contribution is 2.34. The van der Waals surface area contributed by atoms with E-state index in [0.29, 0.717) is 15.7 Å². The number of halogens is 2. The first-order valence-corrected chi connectivity index (χ1v) is 5.64. The fourth-order valence-corrected chi connectivity index (χ4v) is 2.49. The lowest BCUT2D eigenvalue weighted by molar-refractivity contribution is 0.101. The summed E-state index contributed by atoms with van der Waals surface area (Å²) in [5, 5.41) is 2.01. The molecule has 1 aromatic heterocycles. The maximum absolute atomic E-state index is 11.6. The molecule has 0 amide bonds. The summed E-state index contributed by atoms with van der Waals surface area (Å²) in [5.41, 5.74) is 2.43. The van der Waals surface area contributed by atoms with Gasteiger partial charge in [0.25, 0.3) is 0 Å². The third-order valence-electron chi connectivity index (χ3n) is 2.82. The molecule has 0 radical (unpaired) electrons. The summed E-state index contributed by atoms with van der Waals surface area (Å²) in [5.74, 6) is -0.0303. The highest BCUT2D eigenvalue weighted by Gasteiger charge is 2.18. The maximum atomic E-state index is 11.6. The number of benzene rings is 1. The average molecular weight is 256 g/mol. The normalized spacial score (nSPS) is 11.1. The summed E-state index contributed by atoms with van der Waals surface area (Å²) in [6, 6.07) is 3.63. The Morgan fingerprint density at radius 1 is 1.31 bits per heavy atom. The van der Waals surface area contributed by atoms with Gasteiger partial charge in [-0.25, -0.2) is 0 Å². The van der Waals surface area contributed by atoms with Crippen molar-refractivity contribution in [1.82, 2.24) is 4.57 Å². The molecule has 2 rings (SSSR count). The third kappa shape index (κ3) is 1.45. The molecule has 0 saturated carbocycles. The van der Waals surface area contributed by atoms with Gasteiger partial charge in [-0.3, -0.25) is 4.79 Å². The molecule has 0 aliphatic carbocycles. The monoisotopic (exact) mass is 255 g/mol. The van der Waals surface area contributed by atoms with Crippen molar-refractivity contribution >= 4 is 39.9 Å². The number of aromatic nitrogens is 1. The molecule has 0 atom stereocenters. The van der Waals surface area contributed by atoms with E-state index in [2.05, 4.69) is 0 Å². The van der Waals surface area contributed by atoms with Gasteiger partial charge in [-0.2, -0.15) is 0 Å². The second-order valence-corrected chi connectivity index (χ2v) is 4.61. The zero-order chi connectivity index (χ0) is 12.0. The van der Waals surface area contributed by atoms with E-state index >= 15 is 0 Å². The summed E-state index contributed by atoms with van der Waals surface area (Å²) in [6.45, 7) is 3.44. The number of Topliss-reactive ketones (excluding diaryl/α,β-unsaturated/α-hetero) is 1. The molecule has 4 heteroatoms. The first kappa shape index (κ1) is 11.5. The molecule has 0 bridgehead atoms. The second-order valence-electron chi connectivity index (χ2n) is 3.85. The van der Waals surface area contributed by atoms with Gasteiger partial charge in [0.05, 0.1) is 11.1 Å². The lowest BCUT2D eigenvalue weighted by Crippen LogP contribution is -1.92. The summed E-state index contributed by atoms with van der Waals surface area (Å²) in [7, 11) is 1.83. The Hall–Kier alpha value is -0.990. The molecule has 2 aromatic rings. The van der Waals surface area contributed by atoms with E-state index in [9.17, 15) is 4.79 Å². The van der Waals surface area contributed by atoms with Crippen molar-refractivity contribution in [2.24, 2.45) is 7.05 Å². The van der Waals surface area contributed by atoms with Crippen LogP contribution in [0.5, 0.6) is 0 Å². The number of aryl methyl sites for hydroxylation is 2. The third-order valence-corrected chi connectivity index (χ3v) is 3.67. The SMILES string of the molecule is CC(=O)c1c(Cl)n(C)c2c(C)c(Cl)ccc12. The Morgan fingerprint density at radius 3 is 2.50 bits per heavy atom. The van der Waals surface area contributed by atoms with Crippen molar-refractivity contribution in [1.29, 1.82) is 0 Å². The van der Waals surface area contributed by atoms with Crippen LogP contribution in [0.1, 0.15) is 22.8 Å². The molecule has 16 heavy (non-hydrogen) atoms. The minimum Gasteiger partial charge on any atom is -0.334 e. The molecule has 0 saturated heterocycles. The largest absolute Gasteiger partial charge is 0.334 e. The van der Waals surface area contributed by atoms with Gasteiger partial charge in [0, 0.05) is 17.5 Å². The smallest absolute Gasteiger partial charge is 0.163 e. The van der Waals surface area contributed by atoms with Crippen LogP contribution in [0.25, 0.3) is 10.9 Å². The number of nitrogens with zero attached hydrogens (tertiary/aromatic N) is 1. The molecule has 0 N–H and O–H groups in total. The molecular formula is C12H11Cl2NO. The van der Waals surface area contributed by atoms with Crippen LogP contribution >= 0.6 is 23.2 Å². The molecular weight excluding hydrogens is 245 g/mol. The predicted octanol–water partition coefficient (Wildman–Crippen LogP) is 4.00. The lowest BCUT2D eigenvalue weighted by atomic mass is 10.1. The standard InChI is InChI=1S/C12H11Cl2NO/c1-6-9(13)5-4-8-10(7(2)16)12(14)15(3)11(6)8/h4-5H,1-3H3. The van der Waals surface area contributed by atoms with Crippen molar-refractivity contribution in [2.45, 2.75) is 13.8 Å². The number of ketones is 1. The van der Waals surface area contributed by atoms with Crippen LogP contribution in [0.4, 0.5) is 0 Å². The van der Waals surface area contributed by atoms with Gasteiger partial charge in [0.2, 0.25) is 0 Å². The van der Waals surface area contributed by atoms with Gasteiger partial charge in [-0.1, -0.05) is 29.3 Å². The first-order chi connectivity index (χ1) is 7.45. The molecule has 0 aliphatic heterocycles. The summed E-state index contributed by atoms with van der Waals surface area (Å²) in [6.07, 6.45) is 0. The minimum absolute atomic E-state index is 0.0303. The Bertz CT molecular complexity index is 599. The quantitative estimate of drug-likeness (QED) is 0.707. The van der Waals surface area contributed by atoms with Crippen molar-refractivity contribution in [3.8, 4) is 0 Å². The second kappa shape index (κ2) is 3.79. The first-order valence-electron chi connectivity index (χ1n) is 4.89. The van der Waals surface area contributed by atoms with E-state index in [1.54, 1.807) is 10.6 Å². The minimum atomic E-state index is -0.0303. The van der Waals surface area contributed by atoms with E-state index in [1.807, 2.05) is 20.0 Å².